The molecule has 0 N–H and O–H groups in total. The van der Waals surface area contributed by atoms with Gasteiger partial charge in [0.15, 0.2) is 5.78 Å². The molecule has 0 saturated carbocycles. The Labute approximate surface area is 187 Å². The minimum atomic E-state index is -4.43. The van der Waals surface area contributed by atoms with E-state index < -0.39 is 11.7 Å². The van der Waals surface area contributed by atoms with Crippen molar-refractivity contribution < 1.29 is 18.0 Å². The highest BCUT2D eigenvalue weighted by molar-refractivity contribution is 7.98. The van der Waals surface area contributed by atoms with Crippen molar-refractivity contribution in [2.45, 2.75) is 49.7 Å². The van der Waals surface area contributed by atoms with Gasteiger partial charge in [-0.2, -0.15) is 13.2 Å². The van der Waals surface area contributed by atoms with Gasteiger partial charge in [-0.05, 0) is 37.5 Å². The molecule has 0 atom stereocenters. The number of halogens is 3. The van der Waals surface area contributed by atoms with Crippen molar-refractivity contribution in [1.82, 2.24) is 9.55 Å². The number of rotatable bonds is 5. The molecule has 0 unspecified atom stereocenters. The third-order valence-electron chi connectivity index (χ3n) is 5.53. The van der Waals surface area contributed by atoms with E-state index in [0.29, 0.717) is 16.9 Å². The second-order valence-electron chi connectivity index (χ2n) is 7.76. The number of hydrogen-bond donors (Lipinski definition) is 0. The van der Waals surface area contributed by atoms with Gasteiger partial charge >= 0.3 is 6.18 Å². The van der Waals surface area contributed by atoms with E-state index in [9.17, 15) is 22.8 Å². The van der Waals surface area contributed by atoms with Crippen LogP contribution in [0.4, 0.5) is 13.2 Å². The van der Waals surface area contributed by atoms with Gasteiger partial charge in [-0.3, -0.25) is 14.2 Å². The van der Waals surface area contributed by atoms with E-state index in [2.05, 4.69) is 0 Å². The van der Waals surface area contributed by atoms with Gasteiger partial charge in [0.1, 0.15) is 10.9 Å². The molecule has 2 aromatic carbocycles. The van der Waals surface area contributed by atoms with Crippen molar-refractivity contribution in [1.29, 1.82) is 0 Å². The largest absolute Gasteiger partial charge is 0.416 e. The van der Waals surface area contributed by atoms with Gasteiger partial charge in [-0.1, -0.05) is 36.4 Å². The molecule has 0 aliphatic carbocycles. The summed E-state index contributed by atoms with van der Waals surface area (Å²) in [6.45, 7) is 2.52. The number of carbonyl (C=O) groups is 1. The highest BCUT2D eigenvalue weighted by atomic mass is 32.2. The molecule has 0 fully saturated rings. The number of benzene rings is 2. The summed E-state index contributed by atoms with van der Waals surface area (Å²) in [6, 6.07) is 11.2. The predicted molar refractivity (Wildman–Crippen MR) is 117 cm³/mol. The third-order valence-corrected chi connectivity index (χ3v) is 6.68. The zero-order chi connectivity index (χ0) is 22.9. The second kappa shape index (κ2) is 8.94. The lowest BCUT2D eigenvalue weighted by atomic mass is 10.0. The molecule has 1 aliphatic rings. The molecule has 3 aromatic rings. The van der Waals surface area contributed by atoms with E-state index in [0.717, 1.165) is 54.4 Å². The van der Waals surface area contributed by atoms with Gasteiger partial charge in [0.05, 0.1) is 5.56 Å². The maximum atomic E-state index is 12.7. The number of ketones is 1. The summed E-state index contributed by atoms with van der Waals surface area (Å²) in [4.78, 5) is 29.9. The Hall–Kier alpha value is -2.87. The van der Waals surface area contributed by atoms with Crippen LogP contribution in [0, 0.1) is 6.92 Å². The summed E-state index contributed by atoms with van der Waals surface area (Å²) in [5, 5.41) is 0.730. The molecule has 8 heteroatoms. The molecule has 1 aromatic heterocycles. The Morgan fingerprint density at radius 2 is 1.66 bits per heavy atom. The number of alkyl halides is 3. The molecule has 0 amide bonds. The Morgan fingerprint density at radius 1 is 1.03 bits per heavy atom. The first-order valence-electron chi connectivity index (χ1n) is 10.3. The maximum absolute atomic E-state index is 12.7. The van der Waals surface area contributed by atoms with Crippen LogP contribution < -0.4 is 5.56 Å². The zero-order valence-corrected chi connectivity index (χ0v) is 18.2. The van der Waals surface area contributed by atoms with Crippen LogP contribution in [-0.4, -0.2) is 15.3 Å². The van der Waals surface area contributed by atoms with Crippen LogP contribution in [0.2, 0.25) is 0 Å². The highest BCUT2D eigenvalue weighted by Crippen LogP contribution is 2.29. The van der Waals surface area contributed by atoms with E-state index in [1.165, 1.54) is 23.9 Å². The number of fused-ring (bicyclic) bond motifs is 1. The van der Waals surface area contributed by atoms with E-state index in [-0.39, 0.29) is 16.9 Å². The molecule has 4 nitrogen and oxygen atoms in total. The zero-order valence-electron chi connectivity index (χ0n) is 17.4. The standard InChI is InChI=1S/C24H21F3N2O2S/c1-15-22(28-20-4-2-3-13-29(20)23(15)31)32-14-16-5-7-17(8-6-16)21(30)18-9-11-19(12-10-18)24(25,26)27/h5-12H,2-4,13-14H2,1H3. The minimum Gasteiger partial charge on any atom is -0.296 e. The van der Waals surface area contributed by atoms with Gasteiger partial charge in [0.25, 0.3) is 5.56 Å². The lowest BCUT2D eigenvalue weighted by molar-refractivity contribution is -0.137. The molecule has 4 rings (SSSR count). The maximum Gasteiger partial charge on any atom is 0.416 e. The van der Waals surface area contributed by atoms with Crippen LogP contribution in [0.3, 0.4) is 0 Å². The SMILES string of the molecule is Cc1c(SCc2ccc(C(=O)c3ccc(C(F)(F)F)cc3)cc2)nc2n(c1=O)CCCC2. The number of carbonyl (C=O) groups excluding carboxylic acids is 1. The summed E-state index contributed by atoms with van der Waals surface area (Å²) in [5.41, 5.74) is 1.45. The van der Waals surface area contributed by atoms with Crippen LogP contribution in [-0.2, 0) is 24.9 Å². The number of hydrogen-bond acceptors (Lipinski definition) is 4. The van der Waals surface area contributed by atoms with Gasteiger partial charge < -0.3 is 0 Å². The summed E-state index contributed by atoms with van der Waals surface area (Å²) in [5.74, 6) is 1.09. The topological polar surface area (TPSA) is 52.0 Å². The predicted octanol–water partition coefficient (Wildman–Crippen LogP) is 5.43. The Morgan fingerprint density at radius 3 is 2.28 bits per heavy atom. The average Bonchev–Trinajstić information content (AvgIpc) is 2.80. The van der Waals surface area contributed by atoms with E-state index in [1.54, 1.807) is 23.6 Å². The first kappa shape index (κ1) is 22.3. The fraction of sp³-hybridized carbons (Fsp3) is 0.292. The first-order valence-corrected chi connectivity index (χ1v) is 11.3. The summed E-state index contributed by atoms with van der Waals surface area (Å²) >= 11 is 1.49. The first-order chi connectivity index (χ1) is 15.2. The number of thioether (sulfide) groups is 1. The summed E-state index contributed by atoms with van der Waals surface area (Å²) < 4.78 is 39.9. The van der Waals surface area contributed by atoms with Crippen molar-refractivity contribution in [3.05, 3.63) is 92.5 Å². The number of nitrogens with zero attached hydrogens (tertiary/aromatic N) is 2. The molecule has 0 bridgehead atoms. The van der Waals surface area contributed by atoms with Crippen LogP contribution >= 0.6 is 11.8 Å². The van der Waals surface area contributed by atoms with E-state index >= 15 is 0 Å². The van der Waals surface area contributed by atoms with Gasteiger partial charge in [0, 0.05) is 35.4 Å². The highest BCUT2D eigenvalue weighted by Gasteiger charge is 2.30. The van der Waals surface area contributed by atoms with Crippen molar-refractivity contribution in [2.75, 3.05) is 0 Å². The van der Waals surface area contributed by atoms with Crippen molar-refractivity contribution in [2.24, 2.45) is 0 Å². The quantitative estimate of drug-likeness (QED) is 0.291. The third kappa shape index (κ3) is 4.65. The van der Waals surface area contributed by atoms with Crippen LogP contribution in [0.25, 0.3) is 0 Å². The van der Waals surface area contributed by atoms with Crippen LogP contribution in [0.5, 0.6) is 0 Å². The normalized spacial score (nSPS) is 13.6. The average molecular weight is 459 g/mol. The summed E-state index contributed by atoms with van der Waals surface area (Å²) in [6.07, 6.45) is -1.59. The molecular formula is C24H21F3N2O2S. The molecule has 0 spiro atoms. The smallest absolute Gasteiger partial charge is 0.296 e. The Balaban J connectivity index is 1.45. The minimum absolute atomic E-state index is 0.0229. The summed E-state index contributed by atoms with van der Waals surface area (Å²) in [7, 11) is 0. The van der Waals surface area contributed by atoms with Crippen molar-refractivity contribution in [3.63, 3.8) is 0 Å². The lowest BCUT2D eigenvalue weighted by Gasteiger charge is -2.19. The van der Waals surface area contributed by atoms with Crippen molar-refractivity contribution in [3.8, 4) is 0 Å². The molecule has 2 heterocycles. The van der Waals surface area contributed by atoms with Gasteiger partial charge in [-0.25, -0.2) is 4.98 Å². The molecule has 1 aliphatic heterocycles. The van der Waals surface area contributed by atoms with Gasteiger partial charge in [0.2, 0.25) is 0 Å². The molecule has 32 heavy (non-hydrogen) atoms. The fourth-order valence-electron chi connectivity index (χ4n) is 3.67. The molecule has 166 valence electrons. The number of aromatic nitrogens is 2. The Bertz CT molecular complexity index is 1200. The van der Waals surface area contributed by atoms with E-state index in [4.69, 9.17) is 4.98 Å². The molecular weight excluding hydrogens is 437 g/mol. The fourth-order valence-corrected chi connectivity index (χ4v) is 4.64. The molecule has 0 saturated heterocycles. The monoisotopic (exact) mass is 458 g/mol. The van der Waals surface area contributed by atoms with Crippen molar-refractivity contribution >= 4 is 17.5 Å². The second-order valence-corrected chi connectivity index (χ2v) is 8.73. The van der Waals surface area contributed by atoms with E-state index in [1.807, 2.05) is 12.1 Å². The number of aryl methyl sites for hydroxylation is 1. The Kier molecular flexibility index (Phi) is 6.24. The lowest BCUT2D eigenvalue weighted by Crippen LogP contribution is -2.30. The van der Waals surface area contributed by atoms with Crippen LogP contribution in [0.15, 0.2) is 58.4 Å². The molecule has 0 radical (unpaired) electrons. The van der Waals surface area contributed by atoms with Crippen LogP contribution in [0.1, 0.15) is 51.3 Å². The van der Waals surface area contributed by atoms with Gasteiger partial charge in [-0.15, -0.1) is 11.8 Å².